The fourth-order valence-electron chi connectivity index (χ4n) is 4.09. The summed E-state index contributed by atoms with van der Waals surface area (Å²) in [6, 6.07) is 7.35. The molecule has 2 saturated carbocycles. The van der Waals surface area contributed by atoms with Gasteiger partial charge in [-0.25, -0.2) is 0 Å². The van der Waals surface area contributed by atoms with Crippen molar-refractivity contribution in [1.82, 2.24) is 0 Å². The van der Waals surface area contributed by atoms with Crippen LogP contribution in [0.25, 0.3) is 0 Å². The molecule has 0 N–H and O–H groups in total. The van der Waals surface area contributed by atoms with Crippen LogP contribution in [0.15, 0.2) is 34.7 Å². The molecule has 3 aliphatic carbocycles. The number of carbonyl (C=O) groups excluding carboxylic acids is 2. The summed E-state index contributed by atoms with van der Waals surface area (Å²) >= 11 is 3.58. The second-order valence-electron chi connectivity index (χ2n) is 7.25. The van der Waals surface area contributed by atoms with Gasteiger partial charge in [-0.05, 0) is 25.7 Å². The first-order chi connectivity index (χ1) is 12.2. The van der Waals surface area contributed by atoms with E-state index in [1.807, 2.05) is 36.0 Å². The van der Waals surface area contributed by atoms with Crippen LogP contribution in [-0.2, 0) is 0 Å². The minimum atomic E-state index is 0.0779. The monoisotopic (exact) mass is 372 g/mol. The largest absolute Gasteiger partial charge is 0.289 e. The summed E-state index contributed by atoms with van der Waals surface area (Å²) in [4.78, 5) is 27.0. The summed E-state index contributed by atoms with van der Waals surface area (Å²) in [6.07, 6.45) is 9.93. The van der Waals surface area contributed by atoms with E-state index in [2.05, 4.69) is 0 Å². The molecule has 3 aliphatic rings. The van der Waals surface area contributed by atoms with E-state index in [-0.39, 0.29) is 11.6 Å². The molecule has 0 saturated heterocycles. The Bertz CT molecular complexity index is 710. The second-order valence-corrected chi connectivity index (χ2v) is 9.85. The Kier molecular flexibility index (Phi) is 5.37. The third-order valence-corrected chi connectivity index (χ3v) is 8.39. The van der Waals surface area contributed by atoms with Crippen molar-refractivity contribution in [3.8, 4) is 0 Å². The smallest absolute Gasteiger partial charge is 0.200 e. The lowest BCUT2D eigenvalue weighted by molar-refractivity contribution is 0.0982. The average molecular weight is 373 g/mol. The van der Waals surface area contributed by atoms with Gasteiger partial charge >= 0.3 is 0 Å². The van der Waals surface area contributed by atoms with Gasteiger partial charge in [-0.1, -0.05) is 49.9 Å². The number of ketones is 2. The van der Waals surface area contributed by atoms with E-state index in [9.17, 15) is 9.59 Å². The quantitative estimate of drug-likeness (QED) is 0.667. The molecule has 1 aromatic carbocycles. The van der Waals surface area contributed by atoms with Gasteiger partial charge in [0.15, 0.2) is 5.78 Å². The molecule has 2 fully saturated rings. The number of Topliss-reactive ketones (excluding diaryl/α,β-unsaturated/α-hetero) is 2. The normalized spacial score (nSPS) is 22.1. The summed E-state index contributed by atoms with van der Waals surface area (Å²) in [5, 5.41) is 1.16. The third-order valence-electron chi connectivity index (χ3n) is 5.52. The number of allylic oxidation sites excluding steroid dienone is 1. The van der Waals surface area contributed by atoms with Gasteiger partial charge in [0, 0.05) is 33.0 Å². The molecule has 0 bridgehead atoms. The minimum Gasteiger partial charge on any atom is -0.289 e. The van der Waals surface area contributed by atoms with E-state index in [1.165, 1.54) is 51.4 Å². The zero-order valence-electron chi connectivity index (χ0n) is 14.5. The van der Waals surface area contributed by atoms with Crippen LogP contribution in [0.2, 0.25) is 0 Å². The topological polar surface area (TPSA) is 34.1 Å². The summed E-state index contributed by atoms with van der Waals surface area (Å²) in [5.41, 5.74) is 1.98. The van der Waals surface area contributed by atoms with Crippen LogP contribution in [0.5, 0.6) is 0 Å². The highest BCUT2D eigenvalue weighted by molar-refractivity contribution is 8.04. The van der Waals surface area contributed by atoms with Gasteiger partial charge in [0.05, 0.1) is 4.91 Å². The van der Waals surface area contributed by atoms with Gasteiger partial charge < -0.3 is 0 Å². The van der Waals surface area contributed by atoms with Crippen molar-refractivity contribution in [1.29, 1.82) is 0 Å². The van der Waals surface area contributed by atoms with Gasteiger partial charge in [0.25, 0.3) is 0 Å². The third kappa shape index (κ3) is 3.61. The molecule has 0 heterocycles. The molecular formula is C21H24O2S2. The number of rotatable bonds is 5. The van der Waals surface area contributed by atoms with Gasteiger partial charge in [-0.15, -0.1) is 11.8 Å². The molecule has 1 aromatic rings. The zero-order chi connectivity index (χ0) is 17.2. The van der Waals surface area contributed by atoms with Crippen LogP contribution in [0.4, 0.5) is 0 Å². The molecule has 2 nitrogen and oxygen atoms in total. The fraction of sp³-hybridized carbons (Fsp3) is 0.524. The van der Waals surface area contributed by atoms with Gasteiger partial charge in [0.2, 0.25) is 5.78 Å². The number of fused-ring (bicyclic) bond motifs is 1. The maximum atomic E-state index is 13.1. The first-order valence-electron chi connectivity index (χ1n) is 9.44. The Hall–Kier alpha value is -1.00. The molecule has 0 aromatic heterocycles. The van der Waals surface area contributed by atoms with Crippen molar-refractivity contribution in [2.75, 3.05) is 5.75 Å². The zero-order valence-corrected chi connectivity index (χ0v) is 16.1. The summed E-state index contributed by atoms with van der Waals surface area (Å²) in [6.45, 7) is 0. The standard InChI is InChI=1S/C21H24O2S2/c22-19-16-11-5-6-12-17(16)20(23)21(25-15-9-3-4-10-15)18(19)13-24-14-7-1-2-8-14/h5-6,11-12,14-15H,1-4,7-10,13H2. The van der Waals surface area contributed by atoms with E-state index in [1.54, 1.807) is 11.8 Å². The van der Waals surface area contributed by atoms with Crippen LogP contribution >= 0.6 is 23.5 Å². The first-order valence-corrected chi connectivity index (χ1v) is 11.4. The second kappa shape index (κ2) is 7.71. The Balaban J connectivity index is 1.63. The number of carbonyl (C=O) groups is 2. The lowest BCUT2D eigenvalue weighted by atomic mass is 9.90. The molecule has 0 spiro atoms. The fourth-order valence-corrected chi connectivity index (χ4v) is 6.95. The van der Waals surface area contributed by atoms with Crippen molar-refractivity contribution in [2.45, 2.75) is 61.9 Å². The highest BCUT2D eigenvalue weighted by Gasteiger charge is 2.34. The minimum absolute atomic E-state index is 0.0779. The first kappa shape index (κ1) is 17.4. The van der Waals surface area contributed by atoms with Crippen molar-refractivity contribution < 1.29 is 9.59 Å². The lowest BCUT2D eigenvalue weighted by Crippen LogP contribution is -2.23. The van der Waals surface area contributed by atoms with Crippen LogP contribution < -0.4 is 0 Å². The summed E-state index contributed by atoms with van der Waals surface area (Å²) in [5.74, 6) is 0.855. The maximum Gasteiger partial charge on any atom is 0.200 e. The number of benzene rings is 1. The van der Waals surface area contributed by atoms with Crippen molar-refractivity contribution in [3.63, 3.8) is 0 Å². The Morgan fingerprint density at radius 3 is 2.00 bits per heavy atom. The maximum absolute atomic E-state index is 13.1. The Morgan fingerprint density at radius 1 is 0.800 bits per heavy atom. The predicted molar refractivity (Wildman–Crippen MR) is 107 cm³/mol. The Morgan fingerprint density at radius 2 is 1.36 bits per heavy atom. The molecule has 0 aliphatic heterocycles. The molecule has 0 radical (unpaired) electrons. The number of thioether (sulfide) groups is 2. The van der Waals surface area contributed by atoms with Gasteiger partial charge in [-0.2, -0.15) is 11.8 Å². The summed E-state index contributed by atoms with van der Waals surface area (Å²) in [7, 11) is 0. The van der Waals surface area contributed by atoms with E-state index in [4.69, 9.17) is 0 Å². The van der Waals surface area contributed by atoms with E-state index in [0.29, 0.717) is 27.4 Å². The van der Waals surface area contributed by atoms with Crippen LogP contribution in [-0.4, -0.2) is 27.8 Å². The van der Waals surface area contributed by atoms with Crippen molar-refractivity contribution in [2.24, 2.45) is 0 Å². The van der Waals surface area contributed by atoms with Crippen molar-refractivity contribution >= 4 is 35.1 Å². The average Bonchev–Trinajstić information content (AvgIpc) is 3.33. The molecule has 4 rings (SSSR count). The van der Waals surface area contributed by atoms with Crippen molar-refractivity contribution in [3.05, 3.63) is 45.9 Å². The molecule has 132 valence electrons. The Labute approximate surface area is 158 Å². The van der Waals surface area contributed by atoms with Crippen LogP contribution in [0, 0.1) is 0 Å². The molecular weight excluding hydrogens is 348 g/mol. The van der Waals surface area contributed by atoms with E-state index < -0.39 is 0 Å². The van der Waals surface area contributed by atoms with Gasteiger partial charge in [-0.3, -0.25) is 9.59 Å². The molecule has 0 amide bonds. The molecule has 25 heavy (non-hydrogen) atoms. The predicted octanol–water partition coefficient (Wildman–Crippen LogP) is 5.67. The molecule has 4 heteroatoms. The highest BCUT2D eigenvalue weighted by atomic mass is 32.2. The van der Waals surface area contributed by atoms with Crippen LogP contribution in [0.1, 0.15) is 72.1 Å². The van der Waals surface area contributed by atoms with Crippen LogP contribution in [0.3, 0.4) is 0 Å². The van der Waals surface area contributed by atoms with E-state index in [0.717, 1.165) is 10.5 Å². The number of hydrogen-bond donors (Lipinski definition) is 0. The summed E-state index contributed by atoms with van der Waals surface area (Å²) < 4.78 is 0. The number of hydrogen-bond acceptors (Lipinski definition) is 4. The highest BCUT2D eigenvalue weighted by Crippen LogP contribution is 2.42. The molecule has 0 atom stereocenters. The lowest BCUT2D eigenvalue weighted by Gasteiger charge is -2.23. The molecule has 0 unspecified atom stereocenters. The SMILES string of the molecule is O=C1C(CSC2CCCC2)=C(SC2CCCC2)C(=O)c2ccccc21. The van der Waals surface area contributed by atoms with E-state index >= 15 is 0 Å². The van der Waals surface area contributed by atoms with Gasteiger partial charge in [0.1, 0.15) is 0 Å².